The molecule has 1 heterocycles. The molecule has 1 unspecified atom stereocenters. The van der Waals surface area contributed by atoms with E-state index in [0.29, 0.717) is 4.90 Å². The number of hydrogen-bond donors (Lipinski definition) is 1. The number of carbonyl (C=O) groups excluding carboxylic acids is 3. The summed E-state index contributed by atoms with van der Waals surface area (Å²) in [5, 5.41) is 2.21. The second-order valence-corrected chi connectivity index (χ2v) is 4.08. The molecule has 1 aliphatic heterocycles. The highest BCUT2D eigenvalue weighted by molar-refractivity contribution is 5.90. The van der Waals surface area contributed by atoms with E-state index in [1.807, 2.05) is 0 Å². The van der Waals surface area contributed by atoms with Crippen molar-refractivity contribution in [2.45, 2.75) is 12.6 Å². The largest absolute Gasteiger partial charge is 0.468 e. The van der Waals surface area contributed by atoms with Crippen molar-refractivity contribution in [3.63, 3.8) is 0 Å². The molecule has 1 atom stereocenters. The first kappa shape index (κ1) is 15.3. The Morgan fingerprint density at radius 3 is 2.63 bits per heavy atom. The molecule has 0 spiro atoms. The summed E-state index contributed by atoms with van der Waals surface area (Å²) in [7, 11) is 1.14. The number of esters is 1. The van der Waals surface area contributed by atoms with Gasteiger partial charge in [-0.25, -0.2) is 0 Å². The fourth-order valence-corrected chi connectivity index (χ4v) is 1.69. The lowest BCUT2D eigenvalue weighted by Crippen LogP contribution is -2.38. The van der Waals surface area contributed by atoms with Gasteiger partial charge in [0.1, 0.15) is 13.1 Å². The van der Waals surface area contributed by atoms with Gasteiger partial charge >= 0.3 is 12.1 Å². The summed E-state index contributed by atoms with van der Waals surface area (Å²) in [6.45, 7) is -2.04. The molecule has 2 amide bonds. The van der Waals surface area contributed by atoms with Gasteiger partial charge in [0.2, 0.25) is 11.8 Å². The van der Waals surface area contributed by atoms with E-state index in [0.717, 1.165) is 7.11 Å². The molecule has 6 nitrogen and oxygen atoms in total. The predicted octanol–water partition coefficient (Wildman–Crippen LogP) is -0.314. The maximum Gasteiger partial charge on any atom is 0.406 e. The molecule has 0 saturated carbocycles. The van der Waals surface area contributed by atoms with Crippen molar-refractivity contribution < 1.29 is 32.3 Å². The van der Waals surface area contributed by atoms with Gasteiger partial charge in [-0.2, -0.15) is 13.2 Å². The highest BCUT2D eigenvalue weighted by atomic mass is 19.4. The Morgan fingerprint density at radius 1 is 1.47 bits per heavy atom. The molecule has 1 N–H and O–H groups in total. The minimum Gasteiger partial charge on any atom is -0.468 e. The number of nitrogens with one attached hydrogen (secondary N) is 1. The van der Waals surface area contributed by atoms with Gasteiger partial charge in [-0.3, -0.25) is 14.4 Å². The zero-order valence-electron chi connectivity index (χ0n) is 10.1. The molecule has 19 heavy (non-hydrogen) atoms. The van der Waals surface area contributed by atoms with E-state index >= 15 is 0 Å². The standard InChI is InChI=1S/C10H13F3N2O4/c1-19-8(17)3-14-9(18)6-2-7(16)15(4-6)5-10(11,12)13/h6H,2-5H2,1H3,(H,14,18). The van der Waals surface area contributed by atoms with Gasteiger partial charge in [0, 0.05) is 13.0 Å². The number of ether oxygens (including phenoxy) is 1. The van der Waals surface area contributed by atoms with Crippen molar-refractivity contribution in [3.05, 3.63) is 0 Å². The van der Waals surface area contributed by atoms with Crippen molar-refractivity contribution in [2.75, 3.05) is 26.7 Å². The summed E-state index contributed by atoms with van der Waals surface area (Å²) in [6.07, 6.45) is -4.78. The molecule has 1 fully saturated rings. The summed E-state index contributed by atoms with van der Waals surface area (Å²) in [5.74, 6) is -2.91. The number of rotatable bonds is 4. The van der Waals surface area contributed by atoms with E-state index in [-0.39, 0.29) is 19.5 Å². The minimum absolute atomic E-state index is 0.289. The average molecular weight is 282 g/mol. The lowest BCUT2D eigenvalue weighted by Gasteiger charge is -2.18. The number of amides is 2. The number of likely N-dealkylation sites (tertiary alicyclic amines) is 1. The molecule has 1 rings (SSSR count). The highest BCUT2D eigenvalue weighted by Crippen LogP contribution is 2.23. The third kappa shape index (κ3) is 4.76. The Kier molecular flexibility index (Phi) is 4.73. The van der Waals surface area contributed by atoms with Gasteiger partial charge < -0.3 is 15.0 Å². The second-order valence-electron chi connectivity index (χ2n) is 4.08. The minimum atomic E-state index is -4.49. The van der Waals surface area contributed by atoms with Gasteiger partial charge in [0.15, 0.2) is 0 Å². The van der Waals surface area contributed by atoms with E-state index in [4.69, 9.17) is 0 Å². The predicted molar refractivity (Wildman–Crippen MR) is 55.8 cm³/mol. The number of halogens is 3. The van der Waals surface area contributed by atoms with Crippen LogP contribution in [-0.2, 0) is 19.1 Å². The Labute approximate surface area is 106 Å². The van der Waals surface area contributed by atoms with E-state index < -0.39 is 36.4 Å². The van der Waals surface area contributed by atoms with Crippen LogP contribution in [0.2, 0.25) is 0 Å². The monoisotopic (exact) mass is 282 g/mol. The zero-order chi connectivity index (χ0) is 14.6. The number of methoxy groups -OCH3 is 1. The number of hydrogen-bond acceptors (Lipinski definition) is 4. The van der Waals surface area contributed by atoms with Crippen LogP contribution < -0.4 is 5.32 Å². The van der Waals surface area contributed by atoms with Gasteiger partial charge in [0.05, 0.1) is 13.0 Å². The zero-order valence-corrected chi connectivity index (χ0v) is 10.1. The summed E-state index contributed by atoms with van der Waals surface area (Å²) in [4.78, 5) is 34.2. The second kappa shape index (κ2) is 5.89. The Balaban J connectivity index is 2.47. The van der Waals surface area contributed by atoms with Crippen LogP contribution in [0.5, 0.6) is 0 Å². The van der Waals surface area contributed by atoms with Crippen LogP contribution in [0.25, 0.3) is 0 Å². The van der Waals surface area contributed by atoms with Crippen molar-refractivity contribution in [3.8, 4) is 0 Å². The molecule has 1 saturated heterocycles. The van der Waals surface area contributed by atoms with E-state index in [9.17, 15) is 27.6 Å². The molecular formula is C10H13F3N2O4. The van der Waals surface area contributed by atoms with E-state index in [2.05, 4.69) is 10.1 Å². The normalized spacial score (nSPS) is 19.5. The molecule has 1 aliphatic rings. The third-order valence-corrected chi connectivity index (χ3v) is 2.59. The highest BCUT2D eigenvalue weighted by Gasteiger charge is 2.40. The Hall–Kier alpha value is -1.80. The van der Waals surface area contributed by atoms with Crippen LogP contribution in [0.15, 0.2) is 0 Å². The summed E-state index contributed by atoms with van der Waals surface area (Å²) in [6, 6.07) is 0. The van der Waals surface area contributed by atoms with E-state index in [1.165, 1.54) is 0 Å². The first-order valence-corrected chi connectivity index (χ1v) is 5.42. The fraction of sp³-hybridized carbons (Fsp3) is 0.700. The molecule has 0 aromatic rings. The average Bonchev–Trinajstić information content (AvgIpc) is 2.65. The molecule has 0 aromatic heterocycles. The number of carbonyl (C=O) groups is 3. The molecule has 0 aromatic carbocycles. The molecule has 0 bridgehead atoms. The number of nitrogens with zero attached hydrogens (tertiary/aromatic N) is 1. The fourth-order valence-electron chi connectivity index (χ4n) is 1.69. The smallest absolute Gasteiger partial charge is 0.406 e. The molecule has 0 aliphatic carbocycles. The van der Waals surface area contributed by atoms with Crippen LogP contribution in [0, 0.1) is 5.92 Å². The quantitative estimate of drug-likeness (QED) is 0.717. The molecule has 108 valence electrons. The lowest BCUT2D eigenvalue weighted by atomic mass is 10.1. The molecule has 9 heteroatoms. The van der Waals surface area contributed by atoms with Crippen molar-refractivity contribution in [2.24, 2.45) is 5.92 Å². The van der Waals surface area contributed by atoms with Crippen LogP contribution in [0.1, 0.15) is 6.42 Å². The van der Waals surface area contributed by atoms with Crippen LogP contribution >= 0.6 is 0 Å². The van der Waals surface area contributed by atoms with Gasteiger partial charge in [0.25, 0.3) is 0 Å². The Bertz CT molecular complexity index is 383. The molecule has 0 radical (unpaired) electrons. The first-order chi connectivity index (χ1) is 8.73. The first-order valence-electron chi connectivity index (χ1n) is 5.42. The van der Waals surface area contributed by atoms with Crippen LogP contribution in [-0.4, -0.2) is 55.6 Å². The maximum absolute atomic E-state index is 12.2. The summed E-state index contributed by atoms with van der Waals surface area (Å²) in [5.41, 5.74) is 0. The van der Waals surface area contributed by atoms with Crippen LogP contribution in [0.3, 0.4) is 0 Å². The van der Waals surface area contributed by atoms with Gasteiger partial charge in [-0.15, -0.1) is 0 Å². The van der Waals surface area contributed by atoms with Gasteiger partial charge in [-0.05, 0) is 0 Å². The van der Waals surface area contributed by atoms with Crippen molar-refractivity contribution in [1.82, 2.24) is 10.2 Å². The van der Waals surface area contributed by atoms with E-state index in [1.54, 1.807) is 0 Å². The van der Waals surface area contributed by atoms with Gasteiger partial charge in [-0.1, -0.05) is 0 Å². The third-order valence-electron chi connectivity index (χ3n) is 2.59. The Morgan fingerprint density at radius 2 is 2.11 bits per heavy atom. The SMILES string of the molecule is COC(=O)CNC(=O)C1CC(=O)N(CC(F)(F)F)C1. The van der Waals surface area contributed by atoms with Crippen molar-refractivity contribution in [1.29, 1.82) is 0 Å². The van der Waals surface area contributed by atoms with Crippen LogP contribution in [0.4, 0.5) is 13.2 Å². The summed E-state index contributed by atoms with van der Waals surface area (Å²) < 4.78 is 40.8. The molecular weight excluding hydrogens is 269 g/mol. The number of alkyl halides is 3. The summed E-state index contributed by atoms with van der Waals surface area (Å²) >= 11 is 0. The topological polar surface area (TPSA) is 75.7 Å². The van der Waals surface area contributed by atoms with Crippen molar-refractivity contribution >= 4 is 17.8 Å². The lowest BCUT2D eigenvalue weighted by molar-refractivity contribution is -0.157. The maximum atomic E-state index is 12.2.